The molecule has 0 aliphatic rings. The van der Waals surface area contributed by atoms with Crippen molar-refractivity contribution in [1.29, 1.82) is 0 Å². The Morgan fingerprint density at radius 1 is 1.29 bits per heavy atom. The first-order valence-corrected chi connectivity index (χ1v) is 8.37. The average molecular weight is 337 g/mol. The topological polar surface area (TPSA) is 55.1 Å². The summed E-state index contributed by atoms with van der Waals surface area (Å²) in [7, 11) is 0. The summed E-state index contributed by atoms with van der Waals surface area (Å²) in [6, 6.07) is 9.55. The molecule has 0 aliphatic carbocycles. The lowest BCUT2D eigenvalue weighted by atomic mass is 10.2. The number of hydrogen-bond acceptors (Lipinski definition) is 4. The number of aryl methyl sites for hydroxylation is 1. The van der Waals surface area contributed by atoms with E-state index < -0.39 is 0 Å². The Labute approximate surface area is 135 Å². The molecular formula is C15H13ClN2OS2. The van der Waals surface area contributed by atoms with Gasteiger partial charge in [0.05, 0.1) is 12.2 Å². The molecule has 0 bridgehead atoms. The second kappa shape index (κ2) is 5.67. The molecule has 1 aromatic carbocycles. The minimum atomic E-state index is -0.143. The lowest BCUT2D eigenvalue weighted by Gasteiger charge is -2.02. The van der Waals surface area contributed by atoms with Crippen molar-refractivity contribution < 1.29 is 4.79 Å². The SMILES string of the molecule is Cc1ccc(CNC(=O)c2sc3ccc(Cl)cc3c2N)s1. The van der Waals surface area contributed by atoms with Crippen molar-refractivity contribution in [2.45, 2.75) is 13.5 Å². The molecular weight excluding hydrogens is 324 g/mol. The second-order valence-electron chi connectivity index (χ2n) is 4.68. The Kier molecular flexibility index (Phi) is 3.89. The van der Waals surface area contributed by atoms with Crippen LogP contribution in [-0.4, -0.2) is 5.91 Å². The zero-order valence-electron chi connectivity index (χ0n) is 11.3. The highest BCUT2D eigenvalue weighted by molar-refractivity contribution is 7.21. The fourth-order valence-electron chi connectivity index (χ4n) is 2.09. The molecule has 3 nitrogen and oxygen atoms in total. The molecule has 0 aliphatic heterocycles. The molecule has 0 atom stereocenters. The summed E-state index contributed by atoms with van der Waals surface area (Å²) in [5.41, 5.74) is 6.57. The average Bonchev–Trinajstić information content (AvgIpc) is 3.01. The Bertz CT molecular complexity index is 822. The summed E-state index contributed by atoms with van der Waals surface area (Å²) in [4.78, 5) is 15.2. The number of nitrogens with one attached hydrogen (secondary N) is 1. The minimum Gasteiger partial charge on any atom is -0.397 e. The number of carbonyl (C=O) groups excluding carboxylic acids is 1. The molecule has 0 spiro atoms. The van der Waals surface area contributed by atoms with E-state index in [1.807, 2.05) is 25.1 Å². The number of halogens is 1. The fraction of sp³-hybridized carbons (Fsp3) is 0.133. The second-order valence-corrected chi connectivity index (χ2v) is 7.54. The van der Waals surface area contributed by atoms with Crippen LogP contribution >= 0.6 is 34.3 Å². The van der Waals surface area contributed by atoms with Crippen molar-refractivity contribution >= 4 is 56.0 Å². The van der Waals surface area contributed by atoms with Crippen molar-refractivity contribution in [3.63, 3.8) is 0 Å². The summed E-state index contributed by atoms with van der Waals surface area (Å²) in [5.74, 6) is -0.143. The molecule has 0 fully saturated rings. The monoisotopic (exact) mass is 336 g/mol. The van der Waals surface area contributed by atoms with Gasteiger partial charge in [-0.25, -0.2) is 0 Å². The predicted molar refractivity (Wildman–Crippen MR) is 91.5 cm³/mol. The van der Waals surface area contributed by atoms with Crippen LogP contribution in [0, 0.1) is 6.92 Å². The van der Waals surface area contributed by atoms with Crippen LogP contribution in [0.3, 0.4) is 0 Å². The maximum absolute atomic E-state index is 12.3. The molecule has 0 saturated heterocycles. The van der Waals surface area contributed by atoms with Gasteiger partial charge in [-0.2, -0.15) is 0 Å². The minimum absolute atomic E-state index is 0.143. The summed E-state index contributed by atoms with van der Waals surface area (Å²) in [6.07, 6.45) is 0. The van der Waals surface area contributed by atoms with E-state index in [-0.39, 0.29) is 5.91 Å². The van der Waals surface area contributed by atoms with Gasteiger partial charge >= 0.3 is 0 Å². The molecule has 2 aromatic heterocycles. The number of anilines is 1. The van der Waals surface area contributed by atoms with Gasteiger partial charge in [0.1, 0.15) is 4.88 Å². The quantitative estimate of drug-likeness (QED) is 0.743. The normalized spacial score (nSPS) is 11.0. The first kappa shape index (κ1) is 14.4. The molecule has 3 aromatic rings. The van der Waals surface area contributed by atoms with Crippen LogP contribution in [0.2, 0.25) is 5.02 Å². The summed E-state index contributed by atoms with van der Waals surface area (Å²) >= 11 is 9.04. The van der Waals surface area contributed by atoms with Gasteiger partial charge in [-0.1, -0.05) is 11.6 Å². The van der Waals surface area contributed by atoms with Crippen LogP contribution in [0.15, 0.2) is 30.3 Å². The Hall–Kier alpha value is -1.56. The molecule has 3 N–H and O–H groups in total. The highest BCUT2D eigenvalue weighted by Crippen LogP contribution is 2.35. The van der Waals surface area contributed by atoms with Crippen LogP contribution in [0.1, 0.15) is 19.4 Å². The number of nitrogen functional groups attached to an aromatic ring is 1. The van der Waals surface area contributed by atoms with Gasteiger partial charge in [0.25, 0.3) is 5.91 Å². The van der Waals surface area contributed by atoms with E-state index in [9.17, 15) is 4.79 Å². The number of carbonyl (C=O) groups is 1. The maximum Gasteiger partial charge on any atom is 0.263 e. The van der Waals surface area contributed by atoms with Crippen LogP contribution in [0.5, 0.6) is 0 Å². The predicted octanol–water partition coefficient (Wildman–Crippen LogP) is 4.44. The number of benzene rings is 1. The number of fused-ring (bicyclic) bond motifs is 1. The lowest BCUT2D eigenvalue weighted by molar-refractivity contribution is 0.0956. The maximum atomic E-state index is 12.3. The van der Waals surface area contributed by atoms with Crippen molar-refractivity contribution in [3.05, 3.63) is 50.0 Å². The summed E-state index contributed by atoms with van der Waals surface area (Å²) in [5, 5.41) is 4.37. The van der Waals surface area contributed by atoms with E-state index in [2.05, 4.69) is 5.32 Å². The molecule has 1 amide bonds. The zero-order chi connectivity index (χ0) is 15.0. The van der Waals surface area contributed by atoms with Gasteiger partial charge in [0.15, 0.2) is 0 Å². The zero-order valence-corrected chi connectivity index (χ0v) is 13.7. The highest BCUT2D eigenvalue weighted by atomic mass is 35.5. The van der Waals surface area contributed by atoms with E-state index in [1.54, 1.807) is 23.5 Å². The Morgan fingerprint density at radius 3 is 2.81 bits per heavy atom. The Balaban J connectivity index is 1.82. The van der Waals surface area contributed by atoms with Crippen LogP contribution in [0.25, 0.3) is 10.1 Å². The first-order chi connectivity index (χ1) is 10.0. The molecule has 0 radical (unpaired) electrons. The van der Waals surface area contributed by atoms with Gasteiger partial charge in [0.2, 0.25) is 0 Å². The highest BCUT2D eigenvalue weighted by Gasteiger charge is 2.16. The van der Waals surface area contributed by atoms with Gasteiger partial charge < -0.3 is 11.1 Å². The fourth-order valence-corrected chi connectivity index (χ4v) is 4.11. The summed E-state index contributed by atoms with van der Waals surface area (Å²) in [6.45, 7) is 2.56. The van der Waals surface area contributed by atoms with Gasteiger partial charge in [-0.3, -0.25) is 4.79 Å². The van der Waals surface area contributed by atoms with Gasteiger partial charge in [-0.05, 0) is 37.3 Å². The first-order valence-electron chi connectivity index (χ1n) is 6.35. The van der Waals surface area contributed by atoms with Crippen molar-refractivity contribution in [2.24, 2.45) is 0 Å². The number of rotatable bonds is 3. The van der Waals surface area contributed by atoms with Crippen LogP contribution in [-0.2, 0) is 6.54 Å². The molecule has 2 heterocycles. The smallest absolute Gasteiger partial charge is 0.263 e. The standard InChI is InChI=1S/C15H13ClN2OS2/c1-8-2-4-10(20-8)7-18-15(19)14-13(17)11-6-9(16)3-5-12(11)21-14/h2-6H,7,17H2,1H3,(H,18,19). The largest absolute Gasteiger partial charge is 0.397 e. The molecule has 6 heteroatoms. The van der Waals surface area contributed by atoms with E-state index in [0.29, 0.717) is 22.1 Å². The van der Waals surface area contributed by atoms with E-state index in [0.717, 1.165) is 15.0 Å². The Morgan fingerprint density at radius 2 is 2.10 bits per heavy atom. The molecule has 21 heavy (non-hydrogen) atoms. The number of amides is 1. The van der Waals surface area contributed by atoms with E-state index in [1.165, 1.54) is 16.2 Å². The van der Waals surface area contributed by atoms with E-state index >= 15 is 0 Å². The van der Waals surface area contributed by atoms with Crippen LogP contribution in [0.4, 0.5) is 5.69 Å². The third-order valence-electron chi connectivity index (χ3n) is 3.11. The van der Waals surface area contributed by atoms with Crippen molar-refractivity contribution in [2.75, 3.05) is 5.73 Å². The third-order valence-corrected chi connectivity index (χ3v) is 5.53. The van der Waals surface area contributed by atoms with Gasteiger partial charge in [0, 0.05) is 24.9 Å². The van der Waals surface area contributed by atoms with Crippen LogP contribution < -0.4 is 11.1 Å². The van der Waals surface area contributed by atoms with Gasteiger partial charge in [-0.15, -0.1) is 22.7 Å². The third kappa shape index (κ3) is 2.90. The molecule has 108 valence electrons. The van der Waals surface area contributed by atoms with Crippen molar-refractivity contribution in [3.8, 4) is 0 Å². The number of hydrogen-bond donors (Lipinski definition) is 2. The molecule has 0 saturated carbocycles. The van der Waals surface area contributed by atoms with E-state index in [4.69, 9.17) is 17.3 Å². The number of nitrogens with two attached hydrogens (primary N) is 1. The lowest BCUT2D eigenvalue weighted by Crippen LogP contribution is -2.22. The molecule has 3 rings (SSSR count). The van der Waals surface area contributed by atoms with Crippen molar-refractivity contribution in [1.82, 2.24) is 5.32 Å². The number of thiophene rings is 2. The summed E-state index contributed by atoms with van der Waals surface area (Å²) < 4.78 is 0.967. The molecule has 0 unspecified atom stereocenters.